The molecule has 2 heteroatoms. The van der Waals surface area contributed by atoms with E-state index in [0.29, 0.717) is 5.75 Å². The number of H-pyrrole nitrogens is 1. The first-order chi connectivity index (χ1) is 6.86. The van der Waals surface area contributed by atoms with E-state index in [1.54, 1.807) is 6.20 Å². The van der Waals surface area contributed by atoms with Gasteiger partial charge in [-0.3, -0.25) is 0 Å². The summed E-state index contributed by atoms with van der Waals surface area (Å²) in [5.41, 5.74) is 1.00. The van der Waals surface area contributed by atoms with Crippen molar-refractivity contribution in [1.82, 2.24) is 4.98 Å². The molecule has 0 amide bonds. The molecule has 0 aliphatic heterocycles. The number of aromatic amines is 1. The molecule has 0 fully saturated rings. The number of rotatable bonds is 0. The zero-order valence-corrected chi connectivity index (χ0v) is 7.49. The van der Waals surface area contributed by atoms with Crippen LogP contribution < -0.4 is 0 Å². The maximum atomic E-state index is 9.54. The first kappa shape index (κ1) is 7.44. The van der Waals surface area contributed by atoms with Crippen LogP contribution in [0.5, 0.6) is 5.75 Å². The van der Waals surface area contributed by atoms with Gasteiger partial charge in [0, 0.05) is 17.0 Å². The molecule has 3 rings (SSSR count). The summed E-state index contributed by atoms with van der Waals surface area (Å²) in [6.07, 6.45) is 1.62. The summed E-state index contributed by atoms with van der Waals surface area (Å²) in [5.74, 6) is 0.311. The first-order valence-corrected chi connectivity index (χ1v) is 4.54. The van der Waals surface area contributed by atoms with Gasteiger partial charge in [0.1, 0.15) is 5.75 Å². The number of nitrogens with one attached hydrogen (secondary N) is 1. The molecule has 0 aliphatic rings. The van der Waals surface area contributed by atoms with E-state index < -0.39 is 0 Å². The van der Waals surface area contributed by atoms with Crippen LogP contribution in [0.3, 0.4) is 0 Å². The van der Waals surface area contributed by atoms with Crippen molar-refractivity contribution in [2.24, 2.45) is 0 Å². The molecule has 1 aromatic heterocycles. The smallest absolute Gasteiger partial charge is 0.140 e. The van der Waals surface area contributed by atoms with Crippen LogP contribution in [0.2, 0.25) is 0 Å². The van der Waals surface area contributed by atoms with Crippen LogP contribution in [-0.4, -0.2) is 10.1 Å². The van der Waals surface area contributed by atoms with Crippen LogP contribution in [0.1, 0.15) is 0 Å². The van der Waals surface area contributed by atoms with Gasteiger partial charge >= 0.3 is 0 Å². The van der Waals surface area contributed by atoms with Crippen molar-refractivity contribution < 1.29 is 5.11 Å². The summed E-state index contributed by atoms with van der Waals surface area (Å²) in [6, 6.07) is 12.1. The van der Waals surface area contributed by atoms with E-state index in [-0.39, 0.29) is 0 Å². The van der Waals surface area contributed by atoms with Gasteiger partial charge in [-0.15, -0.1) is 0 Å². The minimum atomic E-state index is 0.311. The summed E-state index contributed by atoms with van der Waals surface area (Å²) in [7, 11) is 0. The Kier molecular flexibility index (Phi) is 1.34. The lowest BCUT2D eigenvalue weighted by Gasteiger charge is -1.98. The normalized spacial score (nSPS) is 11.1. The average Bonchev–Trinajstić information content (AvgIpc) is 2.61. The molecule has 2 N–H and O–H groups in total. The molecule has 0 atom stereocenters. The van der Waals surface area contributed by atoms with Crippen molar-refractivity contribution in [2.75, 3.05) is 0 Å². The molecule has 0 bridgehead atoms. The molecule has 0 radical (unpaired) electrons. The van der Waals surface area contributed by atoms with E-state index in [9.17, 15) is 5.11 Å². The van der Waals surface area contributed by atoms with E-state index in [4.69, 9.17) is 0 Å². The topological polar surface area (TPSA) is 36.0 Å². The highest BCUT2D eigenvalue weighted by Crippen LogP contribution is 2.29. The highest BCUT2D eigenvalue weighted by atomic mass is 16.3. The monoisotopic (exact) mass is 183 g/mol. The summed E-state index contributed by atoms with van der Waals surface area (Å²) in [6.45, 7) is 0. The number of benzene rings is 2. The standard InChI is InChI=1S/C12H9NO/c14-11-7-13-12-9-4-2-1-3-8(9)5-6-10(11)12/h1-7,13-14H. The van der Waals surface area contributed by atoms with Crippen molar-refractivity contribution in [1.29, 1.82) is 0 Å². The number of aromatic nitrogens is 1. The van der Waals surface area contributed by atoms with Gasteiger partial charge in [0.05, 0.1) is 5.52 Å². The van der Waals surface area contributed by atoms with Gasteiger partial charge in [-0.2, -0.15) is 0 Å². The van der Waals surface area contributed by atoms with Crippen molar-refractivity contribution in [3.05, 3.63) is 42.6 Å². The van der Waals surface area contributed by atoms with E-state index in [1.807, 2.05) is 30.3 Å². The largest absolute Gasteiger partial charge is 0.506 e. The van der Waals surface area contributed by atoms with Gasteiger partial charge < -0.3 is 10.1 Å². The summed E-state index contributed by atoms with van der Waals surface area (Å²) >= 11 is 0. The zero-order chi connectivity index (χ0) is 9.54. The Labute approximate surface area is 80.8 Å². The molecule has 0 saturated carbocycles. The van der Waals surface area contributed by atoms with Gasteiger partial charge in [-0.1, -0.05) is 30.3 Å². The van der Waals surface area contributed by atoms with Crippen LogP contribution in [0.15, 0.2) is 42.6 Å². The second-order valence-corrected chi connectivity index (χ2v) is 3.38. The Morgan fingerprint density at radius 1 is 0.929 bits per heavy atom. The third-order valence-corrected chi connectivity index (χ3v) is 2.56. The third-order valence-electron chi connectivity index (χ3n) is 2.56. The quantitative estimate of drug-likeness (QED) is 0.552. The Morgan fingerprint density at radius 3 is 2.71 bits per heavy atom. The minimum Gasteiger partial charge on any atom is -0.506 e. The Balaban J connectivity index is 2.61. The van der Waals surface area contributed by atoms with Gasteiger partial charge in [0.15, 0.2) is 0 Å². The van der Waals surface area contributed by atoms with Gasteiger partial charge in [-0.05, 0) is 11.5 Å². The highest BCUT2D eigenvalue weighted by Gasteiger charge is 2.04. The molecule has 14 heavy (non-hydrogen) atoms. The van der Waals surface area contributed by atoms with E-state index in [0.717, 1.165) is 16.3 Å². The highest BCUT2D eigenvalue weighted by molar-refractivity contribution is 6.07. The number of hydrogen-bond acceptors (Lipinski definition) is 1. The second kappa shape index (κ2) is 2.51. The van der Waals surface area contributed by atoms with Crippen LogP contribution in [0.25, 0.3) is 21.7 Å². The first-order valence-electron chi connectivity index (χ1n) is 4.54. The van der Waals surface area contributed by atoms with Crippen molar-refractivity contribution >= 4 is 21.7 Å². The minimum absolute atomic E-state index is 0.311. The Hall–Kier alpha value is -1.96. The SMILES string of the molecule is Oc1c[nH]c2c1ccc1ccccc12. The maximum Gasteiger partial charge on any atom is 0.140 e. The third kappa shape index (κ3) is 0.852. The molecule has 1 heterocycles. The number of aromatic hydroxyl groups is 1. The number of fused-ring (bicyclic) bond motifs is 3. The van der Waals surface area contributed by atoms with E-state index >= 15 is 0 Å². The molecule has 68 valence electrons. The molecular weight excluding hydrogens is 174 g/mol. The molecule has 0 saturated heterocycles. The molecule has 2 aromatic carbocycles. The van der Waals surface area contributed by atoms with Crippen molar-refractivity contribution in [2.45, 2.75) is 0 Å². The average molecular weight is 183 g/mol. The molecule has 0 aliphatic carbocycles. The summed E-state index contributed by atoms with van der Waals surface area (Å²) in [5, 5.41) is 12.7. The van der Waals surface area contributed by atoms with E-state index in [2.05, 4.69) is 11.1 Å². The van der Waals surface area contributed by atoms with Crippen LogP contribution in [0, 0.1) is 0 Å². The fourth-order valence-corrected chi connectivity index (χ4v) is 1.86. The van der Waals surface area contributed by atoms with Crippen LogP contribution in [0.4, 0.5) is 0 Å². The van der Waals surface area contributed by atoms with E-state index in [1.165, 1.54) is 5.39 Å². The summed E-state index contributed by atoms with van der Waals surface area (Å²) < 4.78 is 0. The van der Waals surface area contributed by atoms with Crippen LogP contribution in [-0.2, 0) is 0 Å². The Morgan fingerprint density at radius 2 is 1.79 bits per heavy atom. The van der Waals surface area contributed by atoms with Gasteiger partial charge in [0.2, 0.25) is 0 Å². The maximum absolute atomic E-state index is 9.54. The molecule has 0 unspecified atom stereocenters. The van der Waals surface area contributed by atoms with Crippen molar-refractivity contribution in [3.63, 3.8) is 0 Å². The fraction of sp³-hybridized carbons (Fsp3) is 0. The zero-order valence-electron chi connectivity index (χ0n) is 7.49. The van der Waals surface area contributed by atoms with Crippen molar-refractivity contribution in [3.8, 4) is 5.75 Å². The lowest BCUT2D eigenvalue weighted by molar-refractivity contribution is 0.481. The molecular formula is C12H9NO. The summed E-state index contributed by atoms with van der Waals surface area (Å²) in [4.78, 5) is 3.08. The lowest BCUT2D eigenvalue weighted by Crippen LogP contribution is -1.73. The van der Waals surface area contributed by atoms with Gasteiger partial charge in [-0.25, -0.2) is 0 Å². The second-order valence-electron chi connectivity index (χ2n) is 3.38. The Bertz CT molecular complexity index is 610. The predicted molar refractivity (Wildman–Crippen MR) is 57.5 cm³/mol. The van der Waals surface area contributed by atoms with Crippen LogP contribution >= 0.6 is 0 Å². The fourth-order valence-electron chi connectivity index (χ4n) is 1.86. The molecule has 3 aromatic rings. The lowest BCUT2D eigenvalue weighted by atomic mass is 10.1. The molecule has 0 spiro atoms. The van der Waals surface area contributed by atoms with Gasteiger partial charge in [0.25, 0.3) is 0 Å². The number of hydrogen-bond donors (Lipinski definition) is 2. The predicted octanol–water partition coefficient (Wildman–Crippen LogP) is 3.03. The molecule has 2 nitrogen and oxygen atoms in total.